The molecule has 0 spiro atoms. The Morgan fingerprint density at radius 3 is 2.12 bits per heavy atom. The zero-order chi connectivity index (χ0) is 17.7. The molecule has 0 aliphatic rings. The predicted molar refractivity (Wildman–Crippen MR) is 98.9 cm³/mol. The smallest absolute Gasteiger partial charge is 0.299 e. The molecule has 0 atom stereocenters. The Morgan fingerprint density at radius 1 is 0.917 bits per heavy atom. The van der Waals surface area contributed by atoms with Gasteiger partial charge in [-0.1, -0.05) is 71.1 Å². The molecule has 24 heavy (non-hydrogen) atoms. The number of rotatable bonds is 10. The molecule has 1 rings (SSSR count). The van der Waals surface area contributed by atoms with E-state index in [4.69, 9.17) is 0 Å². The van der Waals surface area contributed by atoms with Crippen LogP contribution in [-0.2, 0) is 4.79 Å². The van der Waals surface area contributed by atoms with Gasteiger partial charge in [0.25, 0.3) is 0 Å². The van der Waals surface area contributed by atoms with Gasteiger partial charge in [0.2, 0.25) is 3.57 Å². The van der Waals surface area contributed by atoms with Crippen molar-refractivity contribution in [3.05, 3.63) is 33.9 Å². The van der Waals surface area contributed by atoms with Gasteiger partial charge in [-0.2, -0.15) is 0 Å². The third-order valence-corrected chi connectivity index (χ3v) is 5.99. The Morgan fingerprint density at radius 2 is 1.50 bits per heavy atom. The first kappa shape index (κ1) is 21.2. The summed E-state index contributed by atoms with van der Waals surface area (Å²) in [6.45, 7) is 6.04. The van der Waals surface area contributed by atoms with Crippen molar-refractivity contribution in [3.63, 3.8) is 0 Å². The quantitative estimate of drug-likeness (QED) is 0.311. The van der Waals surface area contributed by atoms with Crippen LogP contribution in [0.4, 0.5) is 0 Å². The van der Waals surface area contributed by atoms with Gasteiger partial charge in [0.15, 0.2) is 3.93 Å². The number of carbonyl (C=O) groups excluding carboxylic acids is 1. The number of carbonyl (C=O) groups is 1. The molecule has 0 aromatic heterocycles. The molecule has 0 radical (unpaired) electrons. The molecule has 0 heterocycles. The molecular weight excluding hydrogens is 407 g/mol. The van der Waals surface area contributed by atoms with Gasteiger partial charge in [-0.25, -0.2) is 0 Å². The second kappa shape index (κ2) is 12.5. The van der Waals surface area contributed by atoms with E-state index < -0.39 is 0 Å². The molecule has 1 aromatic rings. The lowest BCUT2D eigenvalue weighted by molar-refractivity contribution is -0.535. The van der Waals surface area contributed by atoms with E-state index in [1.165, 1.54) is 42.1 Å². The maximum atomic E-state index is 11.8. The van der Waals surface area contributed by atoms with Gasteiger partial charge in [0, 0.05) is 18.3 Å². The number of halogens is 1. The van der Waals surface area contributed by atoms with E-state index in [9.17, 15) is 4.79 Å². The van der Waals surface area contributed by atoms with Gasteiger partial charge in [-0.15, -0.1) is 0 Å². The Kier molecular flexibility index (Phi) is 11.1. The zero-order valence-corrected chi connectivity index (χ0v) is 17.7. The van der Waals surface area contributed by atoms with E-state index in [0.717, 1.165) is 19.3 Å². The highest BCUT2D eigenvalue weighted by molar-refractivity contribution is 5.83. The molecule has 0 unspecified atom stereocenters. The maximum absolute atomic E-state index is 11.8. The molecule has 0 N–H and O–H groups in total. The number of ketones is 1. The predicted octanol–water partition coefficient (Wildman–Crippen LogP) is 3.03. The summed E-state index contributed by atoms with van der Waals surface area (Å²) in [5.41, 5.74) is -0.163. The van der Waals surface area contributed by atoms with Gasteiger partial charge in [0.1, 0.15) is 5.78 Å². The SMILES string of the molecule is CC(C)(C)C(=O)CCCCCCCCCC#C[I+]c1ccccc1. The second-order valence-electron chi connectivity index (χ2n) is 7.31. The highest BCUT2D eigenvalue weighted by atomic mass is 127. The minimum atomic E-state index is -0.163. The second-order valence-corrected chi connectivity index (χ2v) is 9.63. The van der Waals surface area contributed by atoms with Crippen LogP contribution in [-0.4, -0.2) is 5.78 Å². The Hall–Kier alpha value is -0.820. The van der Waals surface area contributed by atoms with Crippen LogP contribution in [0.15, 0.2) is 30.3 Å². The molecule has 0 bridgehead atoms. The number of hydrogen-bond donors (Lipinski definition) is 0. The van der Waals surface area contributed by atoms with Crippen molar-refractivity contribution in [1.29, 1.82) is 0 Å². The third-order valence-electron chi connectivity index (χ3n) is 4.00. The third kappa shape index (κ3) is 10.9. The van der Waals surface area contributed by atoms with Gasteiger partial charge in [-0.3, -0.25) is 4.79 Å². The van der Waals surface area contributed by atoms with Crippen molar-refractivity contribution >= 4 is 5.78 Å². The van der Waals surface area contributed by atoms with Gasteiger partial charge in [0.05, 0.1) is 0 Å². The summed E-state index contributed by atoms with van der Waals surface area (Å²) >= 11 is -0.113. The van der Waals surface area contributed by atoms with Gasteiger partial charge < -0.3 is 0 Å². The summed E-state index contributed by atoms with van der Waals surface area (Å²) < 4.78 is 4.78. The molecule has 0 fully saturated rings. The highest BCUT2D eigenvalue weighted by Crippen LogP contribution is 2.19. The van der Waals surface area contributed by atoms with Crippen molar-refractivity contribution in [3.8, 4) is 9.85 Å². The average molecular weight is 439 g/mol. The summed E-state index contributed by atoms with van der Waals surface area (Å²) in [7, 11) is 0. The molecule has 0 saturated heterocycles. The first-order valence-corrected chi connectivity index (χ1v) is 11.4. The molecule has 0 saturated carbocycles. The van der Waals surface area contributed by atoms with Crippen LogP contribution in [0.3, 0.4) is 0 Å². The number of benzene rings is 1. The fourth-order valence-electron chi connectivity index (χ4n) is 2.37. The van der Waals surface area contributed by atoms with Crippen molar-refractivity contribution in [2.75, 3.05) is 0 Å². The molecule has 2 heteroatoms. The number of hydrogen-bond acceptors (Lipinski definition) is 1. The topological polar surface area (TPSA) is 17.1 Å². The lowest BCUT2D eigenvalue weighted by Gasteiger charge is -2.16. The largest absolute Gasteiger partial charge is 0.419 e. The summed E-state index contributed by atoms with van der Waals surface area (Å²) in [6, 6.07) is 10.6. The zero-order valence-electron chi connectivity index (χ0n) is 15.5. The van der Waals surface area contributed by atoms with Crippen molar-refractivity contribution < 1.29 is 26.0 Å². The summed E-state index contributed by atoms with van der Waals surface area (Å²) in [5, 5.41) is 0. The van der Waals surface area contributed by atoms with Crippen molar-refractivity contribution in [2.24, 2.45) is 5.41 Å². The maximum Gasteiger partial charge on any atom is 0.419 e. The number of unbranched alkanes of at least 4 members (excludes halogenated alkanes) is 7. The summed E-state index contributed by atoms with van der Waals surface area (Å²) in [6.07, 6.45) is 10.5. The molecule has 1 aromatic carbocycles. The molecule has 0 amide bonds. The molecular formula is C22H32IO+. The Labute approximate surface area is 159 Å². The van der Waals surface area contributed by atoms with Gasteiger partial charge >= 0.3 is 21.2 Å². The lowest BCUT2D eigenvalue weighted by Crippen LogP contribution is -3.59. The molecule has 0 aliphatic carbocycles. The van der Waals surface area contributed by atoms with Crippen molar-refractivity contribution in [2.45, 2.75) is 78.6 Å². The van der Waals surface area contributed by atoms with E-state index in [0.29, 0.717) is 5.78 Å². The minimum absolute atomic E-state index is 0.113. The number of Topliss-reactive ketones (excluding diaryl/α,β-unsaturated/α-hetero) is 1. The normalized spacial score (nSPS) is 11.0. The van der Waals surface area contributed by atoms with Crippen LogP contribution in [0.1, 0.15) is 78.6 Å². The van der Waals surface area contributed by atoms with Crippen LogP contribution >= 0.6 is 0 Å². The van der Waals surface area contributed by atoms with Crippen LogP contribution in [0, 0.1) is 18.8 Å². The first-order chi connectivity index (χ1) is 11.5. The van der Waals surface area contributed by atoms with Crippen LogP contribution in [0.2, 0.25) is 0 Å². The van der Waals surface area contributed by atoms with E-state index in [2.05, 4.69) is 40.2 Å². The molecule has 0 aliphatic heterocycles. The fourth-order valence-corrected chi connectivity index (χ4v) is 3.92. The van der Waals surface area contributed by atoms with E-state index in [-0.39, 0.29) is 26.6 Å². The van der Waals surface area contributed by atoms with Gasteiger partial charge in [-0.05, 0) is 30.9 Å². The monoisotopic (exact) mass is 439 g/mol. The highest BCUT2D eigenvalue weighted by Gasteiger charge is 2.19. The van der Waals surface area contributed by atoms with E-state index in [1.54, 1.807) is 0 Å². The molecule has 1 nitrogen and oxygen atoms in total. The van der Waals surface area contributed by atoms with Crippen LogP contribution in [0.25, 0.3) is 0 Å². The molecule has 132 valence electrons. The Bertz CT molecular complexity index is 516. The van der Waals surface area contributed by atoms with Crippen molar-refractivity contribution in [1.82, 2.24) is 0 Å². The van der Waals surface area contributed by atoms with Crippen LogP contribution in [0.5, 0.6) is 0 Å². The lowest BCUT2D eigenvalue weighted by atomic mass is 9.88. The average Bonchev–Trinajstić information content (AvgIpc) is 2.55. The fraction of sp³-hybridized carbons (Fsp3) is 0.591. The minimum Gasteiger partial charge on any atom is -0.299 e. The van der Waals surface area contributed by atoms with Crippen LogP contribution < -0.4 is 21.2 Å². The standard InChI is InChI=1S/C22H32IO/c1-22(2,3)21(24)18-14-9-7-5-4-6-8-10-15-19-23-20-16-12-11-13-17-20/h11-13,16-17H,4-10,14,18H2,1-3H3/q+1. The van der Waals surface area contributed by atoms with E-state index >= 15 is 0 Å². The Balaban J connectivity index is 1.90. The summed E-state index contributed by atoms with van der Waals surface area (Å²) in [4.78, 5) is 11.8. The first-order valence-electron chi connectivity index (χ1n) is 9.20. The summed E-state index contributed by atoms with van der Waals surface area (Å²) in [5.74, 6) is 3.74. The van der Waals surface area contributed by atoms with E-state index in [1.807, 2.05) is 20.8 Å².